The number of alkyl halides is 8. The summed E-state index contributed by atoms with van der Waals surface area (Å²) >= 11 is 50.3. The maximum absolute atomic E-state index is 6.43. The van der Waals surface area contributed by atoms with E-state index in [1.54, 1.807) is 0 Å². The average molecular weight is 414 g/mol. The van der Waals surface area contributed by atoms with Gasteiger partial charge in [0, 0.05) is 16.7 Å². The first-order valence-corrected chi connectivity index (χ1v) is 8.51. The lowest BCUT2D eigenvalue weighted by Gasteiger charge is -2.47. The van der Waals surface area contributed by atoms with Gasteiger partial charge in [0.2, 0.25) is 0 Å². The van der Waals surface area contributed by atoms with Crippen molar-refractivity contribution in [1.29, 1.82) is 0 Å². The Morgan fingerprint density at radius 2 is 1.44 bits per heavy atom. The molecule has 106 valence electrons. The van der Waals surface area contributed by atoms with Gasteiger partial charge in [0.1, 0.15) is 18.3 Å². The van der Waals surface area contributed by atoms with Gasteiger partial charge >= 0.3 is 0 Å². The molecule has 0 aromatic rings. The zero-order valence-electron chi connectivity index (χ0n) is 9.17. The first-order chi connectivity index (χ1) is 7.93. The van der Waals surface area contributed by atoms with Gasteiger partial charge < -0.3 is 0 Å². The molecule has 0 aromatic carbocycles. The summed E-state index contributed by atoms with van der Waals surface area (Å²) in [5, 5.41) is 0. The van der Waals surface area contributed by atoms with Crippen molar-refractivity contribution >= 4 is 92.8 Å². The molecule has 2 rings (SSSR count). The molecule has 18 heavy (non-hydrogen) atoms. The lowest BCUT2D eigenvalue weighted by Crippen LogP contribution is -2.51. The molecule has 0 radical (unpaired) electrons. The minimum absolute atomic E-state index is 0.255. The summed E-state index contributed by atoms with van der Waals surface area (Å²) in [6.07, 6.45) is 0.608. The Hall–Kier alpha value is 2.32. The highest BCUT2D eigenvalue weighted by atomic mass is 35.5. The fourth-order valence-corrected chi connectivity index (χ4v) is 7.59. The second-order valence-corrected chi connectivity index (χ2v) is 10.5. The number of hydrogen-bond donors (Lipinski definition) is 0. The van der Waals surface area contributed by atoms with Crippen LogP contribution in [-0.4, -0.2) is 18.3 Å². The largest absolute Gasteiger partial charge is 0.127 e. The van der Waals surface area contributed by atoms with Gasteiger partial charge in [-0.2, -0.15) is 0 Å². The molecule has 0 aromatic heterocycles. The van der Waals surface area contributed by atoms with E-state index in [0.717, 1.165) is 0 Å². The highest BCUT2D eigenvalue weighted by molar-refractivity contribution is 6.55. The highest BCUT2D eigenvalue weighted by Crippen LogP contribution is 2.81. The molecule has 2 aliphatic rings. The predicted molar refractivity (Wildman–Crippen MR) is 83.1 cm³/mol. The molecule has 2 fully saturated rings. The van der Waals surface area contributed by atoms with Gasteiger partial charge in [-0.1, -0.05) is 6.92 Å². The van der Waals surface area contributed by atoms with E-state index in [-0.39, 0.29) is 12.3 Å². The number of rotatable bonds is 2. The molecule has 0 amide bonds. The zero-order chi connectivity index (χ0) is 14.1. The van der Waals surface area contributed by atoms with Crippen LogP contribution in [0.2, 0.25) is 0 Å². The van der Waals surface area contributed by atoms with Gasteiger partial charge in [-0.05, 0) is 12.8 Å². The summed E-state index contributed by atoms with van der Waals surface area (Å²) in [4.78, 5) is -1.65. The smallest absolute Gasteiger partial charge is 0.105 e. The fraction of sp³-hybridized carbons (Fsp3) is 1.00. The van der Waals surface area contributed by atoms with Crippen LogP contribution in [0.15, 0.2) is 0 Å². The van der Waals surface area contributed by atoms with Crippen molar-refractivity contribution in [3.8, 4) is 0 Å². The van der Waals surface area contributed by atoms with Crippen molar-refractivity contribution < 1.29 is 0 Å². The Bertz CT molecular complexity index is 365. The van der Waals surface area contributed by atoms with Crippen LogP contribution in [0.1, 0.15) is 19.8 Å². The van der Waals surface area contributed by atoms with E-state index in [9.17, 15) is 0 Å². The van der Waals surface area contributed by atoms with Crippen LogP contribution in [0.4, 0.5) is 0 Å². The van der Waals surface area contributed by atoms with E-state index in [2.05, 4.69) is 0 Å². The predicted octanol–water partition coefficient (Wildman–Crippen LogP) is 6.36. The summed E-state index contributed by atoms with van der Waals surface area (Å²) in [5.41, 5.74) is -1.70. The van der Waals surface area contributed by atoms with Crippen molar-refractivity contribution in [3.05, 3.63) is 0 Å². The van der Waals surface area contributed by atoms with Gasteiger partial charge in [0.15, 0.2) is 0 Å². The normalized spacial score (nSPS) is 45.2. The van der Waals surface area contributed by atoms with Gasteiger partial charge in [0.05, 0.1) is 0 Å². The van der Waals surface area contributed by atoms with Crippen LogP contribution in [0, 0.1) is 16.7 Å². The molecule has 0 spiro atoms. The molecule has 2 saturated carbocycles. The van der Waals surface area contributed by atoms with Crippen molar-refractivity contribution in [1.82, 2.24) is 0 Å². The van der Waals surface area contributed by atoms with Crippen molar-refractivity contribution in [2.24, 2.45) is 16.7 Å². The molecule has 2 bridgehead atoms. The van der Waals surface area contributed by atoms with Crippen LogP contribution >= 0.6 is 92.8 Å². The molecular formula is C10H10Cl8. The molecule has 0 heterocycles. The molecule has 0 saturated heterocycles. The van der Waals surface area contributed by atoms with Crippen molar-refractivity contribution in [2.75, 3.05) is 0 Å². The minimum atomic E-state index is -1.16. The second kappa shape index (κ2) is 4.66. The van der Waals surface area contributed by atoms with Gasteiger partial charge in [-0.15, -0.1) is 92.8 Å². The topological polar surface area (TPSA) is 0 Å². The van der Waals surface area contributed by atoms with E-state index in [1.165, 1.54) is 0 Å². The minimum Gasteiger partial charge on any atom is -0.105 e. The fourth-order valence-electron chi connectivity index (χ4n) is 3.58. The molecule has 2 aliphatic carbocycles. The van der Waals surface area contributed by atoms with Gasteiger partial charge in [-0.3, -0.25) is 0 Å². The van der Waals surface area contributed by atoms with Gasteiger partial charge in [-0.25, -0.2) is 0 Å². The second-order valence-electron chi connectivity index (χ2n) is 5.25. The summed E-state index contributed by atoms with van der Waals surface area (Å²) in [6, 6.07) is 0. The molecule has 0 unspecified atom stereocenters. The third-order valence-corrected chi connectivity index (χ3v) is 8.08. The summed E-state index contributed by atoms with van der Waals surface area (Å²) in [7, 11) is 0. The van der Waals surface area contributed by atoms with Crippen LogP contribution in [0.25, 0.3) is 0 Å². The van der Waals surface area contributed by atoms with Crippen LogP contribution in [-0.2, 0) is 0 Å². The first kappa shape index (κ1) is 16.7. The SMILES string of the molecule is C[C@@]1(C(Cl)Cl)[C@@H]2CC(Cl)(Cl)[C@@]1(C(Cl)Cl)CC2(Cl)Cl. The molecule has 8 heteroatoms. The molecule has 3 atom stereocenters. The Labute approximate surface area is 146 Å². The maximum Gasteiger partial charge on any atom is 0.127 e. The zero-order valence-corrected chi connectivity index (χ0v) is 15.2. The first-order valence-electron chi connectivity index (χ1n) is 5.25. The Morgan fingerprint density at radius 3 is 1.78 bits per heavy atom. The van der Waals surface area contributed by atoms with E-state index < -0.39 is 29.2 Å². The molecule has 0 N–H and O–H groups in total. The number of hydrogen-bond acceptors (Lipinski definition) is 0. The van der Waals surface area contributed by atoms with Crippen LogP contribution in [0.5, 0.6) is 0 Å². The third-order valence-electron chi connectivity index (χ3n) is 4.65. The van der Waals surface area contributed by atoms with E-state index in [1.807, 2.05) is 6.92 Å². The van der Waals surface area contributed by atoms with E-state index >= 15 is 0 Å². The van der Waals surface area contributed by atoms with Crippen molar-refractivity contribution in [3.63, 3.8) is 0 Å². The van der Waals surface area contributed by atoms with Crippen LogP contribution < -0.4 is 0 Å². The average Bonchev–Trinajstić information content (AvgIpc) is 2.47. The lowest BCUT2D eigenvalue weighted by molar-refractivity contribution is 0.130. The molecular weight excluding hydrogens is 404 g/mol. The van der Waals surface area contributed by atoms with Crippen LogP contribution in [0.3, 0.4) is 0 Å². The molecule has 0 nitrogen and oxygen atoms in total. The quantitative estimate of drug-likeness (QED) is 0.462. The summed E-state index contributed by atoms with van der Waals surface area (Å²) in [5.74, 6) is -0.275. The van der Waals surface area contributed by atoms with Crippen molar-refractivity contribution in [2.45, 2.75) is 38.1 Å². The summed E-state index contributed by atoms with van der Waals surface area (Å²) in [6.45, 7) is 1.85. The van der Waals surface area contributed by atoms with E-state index in [0.29, 0.717) is 6.42 Å². The summed E-state index contributed by atoms with van der Waals surface area (Å²) < 4.78 is -2.19. The number of fused-ring (bicyclic) bond motifs is 2. The Balaban J connectivity index is 2.67. The molecule has 0 aliphatic heterocycles. The number of halogens is 8. The Kier molecular flexibility index (Phi) is 4.32. The Morgan fingerprint density at radius 1 is 0.944 bits per heavy atom. The third kappa shape index (κ3) is 1.80. The standard InChI is InChI=1S/C10H10Cl8/c1-7(5(11)12)4-2-10(17,18)8(7,6(13)14)3-9(4,15)16/h4-6H,2-3H2,1H3/t4-,7-,8+/m0/s1. The monoisotopic (exact) mass is 410 g/mol. The maximum atomic E-state index is 6.43. The highest BCUT2D eigenvalue weighted by Gasteiger charge is 2.82. The lowest BCUT2D eigenvalue weighted by atomic mass is 9.70. The van der Waals surface area contributed by atoms with E-state index in [4.69, 9.17) is 92.8 Å². The van der Waals surface area contributed by atoms with Gasteiger partial charge in [0.25, 0.3) is 0 Å².